The van der Waals surface area contributed by atoms with Crippen LogP contribution in [0.1, 0.15) is 162 Å². The molecule has 0 aromatic carbocycles. The summed E-state index contributed by atoms with van der Waals surface area (Å²) in [6.45, 7) is 9.16. The molecule has 0 fully saturated rings. The molecular formula is C32H67NO2. The molecule has 0 bridgehead atoms. The Labute approximate surface area is 222 Å². The van der Waals surface area contributed by atoms with Crippen molar-refractivity contribution in [3.63, 3.8) is 0 Å². The third-order valence-corrected chi connectivity index (χ3v) is 7.44. The van der Waals surface area contributed by atoms with Crippen LogP contribution in [0, 0.1) is 5.92 Å². The van der Waals surface area contributed by atoms with Gasteiger partial charge in [-0.25, -0.2) is 0 Å². The maximum atomic E-state index is 5.59. The molecule has 0 atom stereocenters. The molecular weight excluding hydrogens is 430 g/mol. The third-order valence-electron chi connectivity index (χ3n) is 7.44. The minimum atomic E-state index is 0.702. The van der Waals surface area contributed by atoms with Crippen molar-refractivity contribution in [3.8, 4) is 0 Å². The first-order valence-electron chi connectivity index (χ1n) is 16.1. The summed E-state index contributed by atoms with van der Waals surface area (Å²) in [6, 6.07) is 0. The molecule has 0 unspecified atom stereocenters. The highest BCUT2D eigenvalue weighted by Crippen LogP contribution is 2.19. The van der Waals surface area contributed by atoms with E-state index in [1.54, 1.807) is 7.11 Å². The van der Waals surface area contributed by atoms with Crippen molar-refractivity contribution >= 4 is 0 Å². The number of unbranched alkanes of at least 4 members (excludes halogenated alkanes) is 18. The Bertz CT molecular complexity index is 339. The van der Waals surface area contributed by atoms with Crippen LogP contribution in [0.4, 0.5) is 0 Å². The van der Waals surface area contributed by atoms with Gasteiger partial charge >= 0.3 is 0 Å². The number of ether oxygens (including phenoxy) is 2. The first-order chi connectivity index (χ1) is 17.3. The lowest BCUT2D eigenvalue weighted by Gasteiger charge is -2.18. The largest absolute Gasteiger partial charge is 0.382 e. The quantitative estimate of drug-likeness (QED) is 0.0966. The van der Waals surface area contributed by atoms with Crippen LogP contribution in [0.15, 0.2) is 0 Å². The molecule has 0 aliphatic rings. The lowest BCUT2D eigenvalue weighted by Crippen LogP contribution is -2.25. The van der Waals surface area contributed by atoms with Crippen molar-refractivity contribution in [2.45, 2.75) is 162 Å². The van der Waals surface area contributed by atoms with Crippen molar-refractivity contribution in [1.82, 2.24) is 5.32 Å². The topological polar surface area (TPSA) is 30.5 Å². The Morgan fingerprint density at radius 1 is 0.486 bits per heavy atom. The van der Waals surface area contributed by atoms with E-state index in [-0.39, 0.29) is 0 Å². The van der Waals surface area contributed by atoms with Gasteiger partial charge in [0.1, 0.15) is 0 Å². The molecule has 0 rings (SSSR count). The van der Waals surface area contributed by atoms with E-state index in [1.807, 2.05) is 0 Å². The van der Waals surface area contributed by atoms with Crippen LogP contribution in [-0.4, -0.2) is 40.0 Å². The van der Waals surface area contributed by atoms with Crippen LogP contribution >= 0.6 is 0 Å². The van der Waals surface area contributed by atoms with Gasteiger partial charge in [0.2, 0.25) is 0 Å². The highest BCUT2D eigenvalue weighted by molar-refractivity contribution is 4.64. The molecule has 0 heterocycles. The van der Waals surface area contributed by atoms with E-state index in [0.717, 1.165) is 32.1 Å². The predicted octanol–water partition coefficient (Wildman–Crippen LogP) is 9.87. The summed E-state index contributed by atoms with van der Waals surface area (Å²) in [5, 5.41) is 3.74. The van der Waals surface area contributed by atoms with Gasteiger partial charge in [0.25, 0.3) is 0 Å². The summed E-state index contributed by atoms with van der Waals surface area (Å²) < 4.78 is 10.6. The fourth-order valence-electron chi connectivity index (χ4n) is 5.04. The third kappa shape index (κ3) is 30.0. The first-order valence-corrected chi connectivity index (χ1v) is 16.1. The lowest BCUT2D eigenvalue weighted by atomic mass is 9.94. The van der Waals surface area contributed by atoms with Gasteiger partial charge in [-0.2, -0.15) is 0 Å². The van der Waals surface area contributed by atoms with Crippen molar-refractivity contribution in [2.75, 3.05) is 40.0 Å². The van der Waals surface area contributed by atoms with Crippen molar-refractivity contribution in [1.29, 1.82) is 0 Å². The second kappa shape index (κ2) is 31.9. The average molecular weight is 498 g/mol. The van der Waals surface area contributed by atoms with E-state index in [2.05, 4.69) is 19.2 Å². The van der Waals surface area contributed by atoms with Crippen LogP contribution in [0.3, 0.4) is 0 Å². The molecule has 0 spiro atoms. The zero-order chi connectivity index (χ0) is 25.5. The molecule has 212 valence electrons. The summed E-state index contributed by atoms with van der Waals surface area (Å²) >= 11 is 0. The molecule has 0 aliphatic heterocycles. The fraction of sp³-hybridized carbons (Fsp3) is 1.00. The molecule has 0 saturated carbocycles. The molecule has 3 heteroatoms. The zero-order valence-corrected chi connectivity index (χ0v) is 24.7. The second-order valence-electron chi connectivity index (χ2n) is 11.0. The Morgan fingerprint density at radius 3 is 1.34 bits per heavy atom. The molecule has 0 saturated heterocycles. The van der Waals surface area contributed by atoms with E-state index < -0.39 is 0 Å². The maximum absolute atomic E-state index is 5.59. The number of rotatable bonds is 31. The molecule has 1 N–H and O–H groups in total. The molecule has 0 aliphatic carbocycles. The Kier molecular flexibility index (Phi) is 31.8. The van der Waals surface area contributed by atoms with Crippen molar-refractivity contribution in [3.05, 3.63) is 0 Å². The second-order valence-corrected chi connectivity index (χ2v) is 11.0. The van der Waals surface area contributed by atoms with Gasteiger partial charge in [0, 0.05) is 13.7 Å². The predicted molar refractivity (Wildman–Crippen MR) is 157 cm³/mol. The average Bonchev–Trinajstić information content (AvgIpc) is 2.87. The smallest absolute Gasteiger partial charge is 0.0700 e. The van der Waals surface area contributed by atoms with Gasteiger partial charge in [-0.1, -0.05) is 142 Å². The first kappa shape index (κ1) is 34.9. The monoisotopic (exact) mass is 498 g/mol. The maximum Gasteiger partial charge on any atom is 0.0700 e. The van der Waals surface area contributed by atoms with E-state index >= 15 is 0 Å². The van der Waals surface area contributed by atoms with Gasteiger partial charge in [-0.05, 0) is 38.3 Å². The molecule has 0 radical (unpaired) electrons. The van der Waals surface area contributed by atoms with Crippen LogP contribution in [0.2, 0.25) is 0 Å². The summed E-state index contributed by atoms with van der Waals surface area (Å²) in [5.41, 5.74) is 0. The van der Waals surface area contributed by atoms with Gasteiger partial charge in [-0.3, -0.25) is 0 Å². The number of hydrogen-bond acceptors (Lipinski definition) is 3. The van der Waals surface area contributed by atoms with Crippen LogP contribution in [-0.2, 0) is 9.47 Å². The van der Waals surface area contributed by atoms with Crippen LogP contribution in [0.5, 0.6) is 0 Å². The summed E-state index contributed by atoms with van der Waals surface area (Å²) in [7, 11) is 1.73. The SMILES string of the molecule is CCCCCCCCCCCCC(CCCCCCCCCCCC)CNCCCOCCOC. The molecule has 35 heavy (non-hydrogen) atoms. The number of nitrogens with one attached hydrogen (secondary N) is 1. The Hall–Kier alpha value is -0.120. The summed E-state index contributed by atoms with van der Waals surface area (Å²) in [4.78, 5) is 0. The van der Waals surface area contributed by atoms with Gasteiger partial charge < -0.3 is 14.8 Å². The molecule has 0 amide bonds. The minimum absolute atomic E-state index is 0.702. The molecule has 3 nitrogen and oxygen atoms in total. The van der Waals surface area contributed by atoms with E-state index in [1.165, 1.54) is 148 Å². The van der Waals surface area contributed by atoms with E-state index in [9.17, 15) is 0 Å². The summed E-state index contributed by atoms with van der Waals surface area (Å²) in [6.07, 6.45) is 32.7. The summed E-state index contributed by atoms with van der Waals surface area (Å²) in [5.74, 6) is 0.868. The lowest BCUT2D eigenvalue weighted by molar-refractivity contribution is 0.0694. The highest BCUT2D eigenvalue weighted by Gasteiger charge is 2.08. The normalized spacial score (nSPS) is 11.7. The van der Waals surface area contributed by atoms with E-state index in [4.69, 9.17) is 9.47 Å². The number of methoxy groups -OCH3 is 1. The van der Waals surface area contributed by atoms with E-state index in [0.29, 0.717) is 6.61 Å². The van der Waals surface area contributed by atoms with Gasteiger partial charge in [0.05, 0.1) is 13.2 Å². The van der Waals surface area contributed by atoms with Gasteiger partial charge in [-0.15, -0.1) is 0 Å². The standard InChI is InChI=1S/C32H67NO2/c1-4-6-8-10-12-14-16-18-20-22-25-32(31-33-27-24-28-35-30-29-34-3)26-23-21-19-17-15-13-11-9-7-5-2/h32-33H,4-31H2,1-3H3. The highest BCUT2D eigenvalue weighted by atomic mass is 16.5. The molecule has 0 aromatic rings. The zero-order valence-electron chi connectivity index (χ0n) is 24.7. The Balaban J connectivity index is 3.84. The van der Waals surface area contributed by atoms with Crippen LogP contribution < -0.4 is 5.32 Å². The van der Waals surface area contributed by atoms with Crippen LogP contribution in [0.25, 0.3) is 0 Å². The Morgan fingerprint density at radius 2 is 0.914 bits per heavy atom. The fourth-order valence-corrected chi connectivity index (χ4v) is 5.04. The van der Waals surface area contributed by atoms with Crippen molar-refractivity contribution < 1.29 is 9.47 Å². The van der Waals surface area contributed by atoms with Crippen molar-refractivity contribution in [2.24, 2.45) is 5.92 Å². The molecule has 0 aromatic heterocycles. The minimum Gasteiger partial charge on any atom is -0.382 e. The number of hydrogen-bond donors (Lipinski definition) is 1. The van der Waals surface area contributed by atoms with Gasteiger partial charge in [0.15, 0.2) is 0 Å².